The van der Waals surface area contributed by atoms with Crippen LogP contribution in [-0.4, -0.2) is 35.6 Å². The summed E-state index contributed by atoms with van der Waals surface area (Å²) in [6.07, 6.45) is 1.62. The van der Waals surface area contributed by atoms with Crippen molar-refractivity contribution in [2.75, 3.05) is 13.1 Å². The molecule has 1 N–H and O–H groups in total. The molecule has 1 aromatic rings. The number of likely N-dealkylation sites (tertiary alicyclic amines) is 1. The van der Waals surface area contributed by atoms with Gasteiger partial charge in [0.1, 0.15) is 5.82 Å². The van der Waals surface area contributed by atoms with Crippen LogP contribution in [0.4, 0.5) is 8.78 Å². The van der Waals surface area contributed by atoms with Crippen LogP contribution in [0.5, 0.6) is 0 Å². The molecule has 1 aromatic carbocycles. The fourth-order valence-electron chi connectivity index (χ4n) is 2.44. The first kappa shape index (κ1) is 15.9. The van der Waals surface area contributed by atoms with Crippen LogP contribution < -0.4 is 5.32 Å². The fraction of sp³-hybridized carbons (Fsp3) is 0.562. The number of amides is 1. The number of hydrogen-bond donors (Lipinski definition) is 1. The average Bonchev–Trinajstić information content (AvgIpc) is 2.42. The lowest BCUT2D eigenvalue weighted by molar-refractivity contribution is -0.131. The molecule has 116 valence electrons. The maximum absolute atomic E-state index is 13.5. The van der Waals surface area contributed by atoms with Gasteiger partial charge in [-0.25, -0.2) is 8.78 Å². The first-order valence-corrected chi connectivity index (χ1v) is 7.31. The number of hydrogen-bond acceptors (Lipinski definition) is 2. The summed E-state index contributed by atoms with van der Waals surface area (Å²) in [7, 11) is 0. The molecule has 0 aromatic heterocycles. The third-order valence-electron chi connectivity index (χ3n) is 3.78. The average molecular weight is 296 g/mol. The van der Waals surface area contributed by atoms with E-state index in [0.717, 1.165) is 38.0 Å². The van der Waals surface area contributed by atoms with Gasteiger partial charge in [0.15, 0.2) is 5.67 Å². The Morgan fingerprint density at radius 1 is 1.29 bits per heavy atom. The number of nitrogens with zero attached hydrogens (tertiary/aromatic N) is 1. The lowest BCUT2D eigenvalue weighted by Gasteiger charge is -2.33. The quantitative estimate of drug-likeness (QED) is 0.926. The number of alkyl halides is 1. The highest BCUT2D eigenvalue weighted by atomic mass is 19.1. The molecule has 0 saturated carbocycles. The van der Waals surface area contributed by atoms with Gasteiger partial charge in [0.2, 0.25) is 0 Å². The summed E-state index contributed by atoms with van der Waals surface area (Å²) in [6.45, 7) is 5.00. The number of halogens is 2. The molecule has 0 radical (unpaired) electrons. The number of benzene rings is 1. The molecular weight excluding hydrogens is 274 g/mol. The molecule has 1 amide bonds. The molecule has 0 bridgehead atoms. The number of piperidine rings is 1. The highest BCUT2D eigenvalue weighted by Gasteiger charge is 2.29. The van der Waals surface area contributed by atoms with Gasteiger partial charge in [0.05, 0.1) is 0 Å². The van der Waals surface area contributed by atoms with Crippen molar-refractivity contribution in [3.8, 4) is 0 Å². The molecule has 1 saturated heterocycles. The van der Waals surface area contributed by atoms with Crippen LogP contribution in [0.25, 0.3) is 0 Å². The molecule has 0 spiro atoms. The first-order valence-electron chi connectivity index (χ1n) is 7.31. The Morgan fingerprint density at radius 2 is 1.86 bits per heavy atom. The zero-order valence-electron chi connectivity index (χ0n) is 12.5. The molecule has 5 heteroatoms. The Morgan fingerprint density at radius 3 is 2.38 bits per heavy atom. The van der Waals surface area contributed by atoms with Gasteiger partial charge in [-0.15, -0.1) is 0 Å². The van der Waals surface area contributed by atoms with Crippen LogP contribution in [0, 0.1) is 5.82 Å². The van der Waals surface area contributed by atoms with Gasteiger partial charge in [-0.05, 0) is 44.4 Å². The van der Waals surface area contributed by atoms with Crippen LogP contribution in [0.2, 0.25) is 0 Å². The Labute approximate surface area is 124 Å². The Balaban J connectivity index is 1.78. The molecule has 1 aliphatic rings. The van der Waals surface area contributed by atoms with E-state index in [0.29, 0.717) is 0 Å². The van der Waals surface area contributed by atoms with E-state index in [9.17, 15) is 13.6 Å². The second-order valence-electron chi connectivity index (χ2n) is 6.12. The lowest BCUT2D eigenvalue weighted by atomic mass is 10.0. The normalized spacial score (nSPS) is 17.7. The highest BCUT2D eigenvalue weighted by Crippen LogP contribution is 2.16. The first-order chi connectivity index (χ1) is 9.84. The third-order valence-corrected chi connectivity index (χ3v) is 3.78. The highest BCUT2D eigenvalue weighted by molar-refractivity contribution is 5.84. The molecule has 1 heterocycles. The Bertz CT molecular complexity index is 474. The van der Waals surface area contributed by atoms with Gasteiger partial charge in [-0.1, -0.05) is 12.1 Å². The molecule has 3 nitrogen and oxygen atoms in total. The maximum atomic E-state index is 13.5. The van der Waals surface area contributed by atoms with Crippen molar-refractivity contribution < 1.29 is 13.6 Å². The molecule has 0 atom stereocenters. The monoisotopic (exact) mass is 296 g/mol. The molecule has 0 unspecified atom stereocenters. The summed E-state index contributed by atoms with van der Waals surface area (Å²) < 4.78 is 26.3. The van der Waals surface area contributed by atoms with Gasteiger partial charge in [-0.2, -0.15) is 0 Å². The number of carbonyl (C=O) groups is 1. The van der Waals surface area contributed by atoms with E-state index in [2.05, 4.69) is 10.2 Å². The minimum Gasteiger partial charge on any atom is -0.351 e. The van der Waals surface area contributed by atoms with Crippen molar-refractivity contribution in [1.82, 2.24) is 10.2 Å². The largest absolute Gasteiger partial charge is 0.351 e. The molecular formula is C16H22F2N2O. The Hall–Kier alpha value is -1.49. The van der Waals surface area contributed by atoms with Crippen LogP contribution in [0.1, 0.15) is 32.3 Å². The number of rotatable bonds is 4. The van der Waals surface area contributed by atoms with Crippen molar-refractivity contribution >= 4 is 5.91 Å². The van der Waals surface area contributed by atoms with E-state index < -0.39 is 11.6 Å². The summed E-state index contributed by atoms with van der Waals surface area (Å²) in [6, 6.07) is 6.54. The zero-order chi connectivity index (χ0) is 15.5. The van der Waals surface area contributed by atoms with Gasteiger partial charge in [-0.3, -0.25) is 9.69 Å². The smallest absolute Gasteiger partial charge is 0.257 e. The van der Waals surface area contributed by atoms with Gasteiger partial charge in [0.25, 0.3) is 5.91 Å². The summed E-state index contributed by atoms with van der Waals surface area (Å²) >= 11 is 0. The molecule has 1 fully saturated rings. The van der Waals surface area contributed by atoms with E-state index in [1.54, 1.807) is 12.1 Å². The van der Waals surface area contributed by atoms with E-state index in [1.807, 2.05) is 0 Å². The van der Waals surface area contributed by atoms with Crippen molar-refractivity contribution in [2.45, 2.75) is 44.9 Å². The van der Waals surface area contributed by atoms with Gasteiger partial charge < -0.3 is 5.32 Å². The predicted octanol–water partition coefficient (Wildman–Crippen LogP) is 2.65. The van der Waals surface area contributed by atoms with Gasteiger partial charge in [0, 0.05) is 25.7 Å². The minimum atomic E-state index is -1.83. The number of carbonyl (C=O) groups excluding carboxylic acids is 1. The molecule has 21 heavy (non-hydrogen) atoms. The van der Waals surface area contributed by atoms with Crippen LogP contribution >= 0.6 is 0 Å². The third kappa shape index (κ3) is 4.77. The topological polar surface area (TPSA) is 32.3 Å². The van der Waals surface area contributed by atoms with Crippen molar-refractivity contribution in [3.63, 3.8) is 0 Å². The SMILES string of the molecule is CC(C)(F)C(=O)NC1CCN(Cc2ccc(F)cc2)CC1. The van der Waals surface area contributed by atoms with Crippen molar-refractivity contribution in [2.24, 2.45) is 0 Å². The summed E-state index contributed by atoms with van der Waals surface area (Å²) in [4.78, 5) is 13.9. The predicted molar refractivity (Wildman–Crippen MR) is 78.0 cm³/mol. The molecule has 0 aliphatic carbocycles. The maximum Gasteiger partial charge on any atom is 0.257 e. The van der Waals surface area contributed by atoms with E-state index >= 15 is 0 Å². The van der Waals surface area contributed by atoms with E-state index in [1.165, 1.54) is 26.0 Å². The van der Waals surface area contributed by atoms with Gasteiger partial charge >= 0.3 is 0 Å². The summed E-state index contributed by atoms with van der Waals surface area (Å²) in [5, 5.41) is 2.76. The number of nitrogens with one attached hydrogen (secondary N) is 1. The van der Waals surface area contributed by atoms with E-state index in [-0.39, 0.29) is 11.9 Å². The molecule has 1 aliphatic heterocycles. The molecule has 2 rings (SSSR count). The van der Waals surface area contributed by atoms with Crippen LogP contribution in [0.3, 0.4) is 0 Å². The zero-order valence-corrected chi connectivity index (χ0v) is 12.5. The summed E-state index contributed by atoms with van der Waals surface area (Å²) in [5.41, 5.74) is -0.755. The second kappa shape index (κ2) is 6.52. The standard InChI is InChI=1S/C16H22F2N2O/c1-16(2,18)15(21)19-14-7-9-20(10-8-14)11-12-3-5-13(17)6-4-12/h3-6,14H,7-11H2,1-2H3,(H,19,21). The minimum absolute atomic E-state index is 0.0389. The van der Waals surface area contributed by atoms with Crippen LogP contribution in [0.15, 0.2) is 24.3 Å². The second-order valence-corrected chi connectivity index (χ2v) is 6.12. The van der Waals surface area contributed by atoms with Crippen molar-refractivity contribution in [3.05, 3.63) is 35.6 Å². The summed E-state index contributed by atoms with van der Waals surface area (Å²) in [5.74, 6) is -0.770. The Kier molecular flexibility index (Phi) is 4.93. The van der Waals surface area contributed by atoms with Crippen LogP contribution in [-0.2, 0) is 11.3 Å². The van der Waals surface area contributed by atoms with Crippen molar-refractivity contribution in [1.29, 1.82) is 0 Å². The fourth-order valence-corrected chi connectivity index (χ4v) is 2.44. The lowest BCUT2D eigenvalue weighted by Crippen LogP contribution is -2.49. The van der Waals surface area contributed by atoms with E-state index in [4.69, 9.17) is 0 Å².